The zero-order chi connectivity index (χ0) is 17.0. The van der Waals surface area contributed by atoms with Gasteiger partial charge >= 0.3 is 11.9 Å². The van der Waals surface area contributed by atoms with Gasteiger partial charge in [-0.1, -0.05) is 34.6 Å². The van der Waals surface area contributed by atoms with E-state index in [4.69, 9.17) is 21.7 Å². The Bertz CT molecular complexity index is 376. The number of aliphatic carboxylic acids is 2. The van der Waals surface area contributed by atoms with Crippen molar-refractivity contribution < 1.29 is 19.8 Å². The van der Waals surface area contributed by atoms with Crippen molar-refractivity contribution in [1.82, 2.24) is 0 Å². The number of hydrogen-bond acceptors (Lipinski definition) is 5. The third kappa shape index (κ3) is 5.84. The number of carboxylic acids is 2. The Morgan fingerprint density at radius 2 is 1.48 bits per heavy atom. The molecule has 0 aliphatic heterocycles. The molecule has 6 N–H and O–H groups in total. The van der Waals surface area contributed by atoms with Crippen LogP contribution in [0.3, 0.4) is 0 Å². The quantitative estimate of drug-likeness (QED) is 0.503. The molecule has 7 heteroatoms. The number of rotatable bonds is 9. The summed E-state index contributed by atoms with van der Waals surface area (Å²) in [6, 6.07) is -1.80. The minimum absolute atomic E-state index is 0.105. The maximum absolute atomic E-state index is 11.0. The van der Waals surface area contributed by atoms with Crippen molar-refractivity contribution >= 4 is 23.7 Å². The van der Waals surface area contributed by atoms with E-state index in [1.54, 1.807) is 11.8 Å². The van der Waals surface area contributed by atoms with E-state index in [9.17, 15) is 9.59 Å². The second kappa shape index (κ2) is 8.00. The molecule has 5 atom stereocenters. The average molecular weight is 320 g/mol. The van der Waals surface area contributed by atoms with Gasteiger partial charge in [-0.2, -0.15) is 11.8 Å². The van der Waals surface area contributed by atoms with Crippen LogP contribution < -0.4 is 11.5 Å². The first-order valence-corrected chi connectivity index (χ1v) is 8.01. The molecular weight excluding hydrogens is 292 g/mol. The van der Waals surface area contributed by atoms with Gasteiger partial charge in [0.25, 0.3) is 0 Å². The minimum Gasteiger partial charge on any atom is -0.480 e. The lowest BCUT2D eigenvalue weighted by atomic mass is 9.90. The zero-order valence-corrected chi connectivity index (χ0v) is 14.2. The van der Waals surface area contributed by atoms with E-state index < -0.39 is 24.0 Å². The maximum Gasteiger partial charge on any atom is 0.320 e. The summed E-state index contributed by atoms with van der Waals surface area (Å²) in [5, 5.41) is 17.9. The molecule has 0 saturated carbocycles. The average Bonchev–Trinajstić information content (AvgIpc) is 2.40. The van der Waals surface area contributed by atoms with Gasteiger partial charge in [0.05, 0.1) is 0 Å². The van der Waals surface area contributed by atoms with E-state index in [2.05, 4.69) is 0 Å². The molecule has 0 aliphatic carbocycles. The summed E-state index contributed by atoms with van der Waals surface area (Å²) in [6.07, 6.45) is 0. The van der Waals surface area contributed by atoms with Gasteiger partial charge in [0.1, 0.15) is 12.1 Å². The molecule has 0 amide bonds. The molecule has 0 saturated heterocycles. The topological polar surface area (TPSA) is 127 Å². The predicted octanol–water partition coefficient (Wildman–Crippen LogP) is 1.23. The van der Waals surface area contributed by atoms with E-state index in [-0.39, 0.29) is 22.5 Å². The van der Waals surface area contributed by atoms with Crippen LogP contribution >= 0.6 is 11.8 Å². The van der Waals surface area contributed by atoms with Gasteiger partial charge in [0.2, 0.25) is 0 Å². The van der Waals surface area contributed by atoms with Crippen molar-refractivity contribution in [3.63, 3.8) is 0 Å². The molecule has 0 aromatic heterocycles. The van der Waals surface area contributed by atoms with Gasteiger partial charge < -0.3 is 21.7 Å². The summed E-state index contributed by atoms with van der Waals surface area (Å²) in [4.78, 5) is 21.9. The first kappa shape index (κ1) is 20.2. The Kier molecular flexibility index (Phi) is 7.70. The van der Waals surface area contributed by atoms with Crippen molar-refractivity contribution in [2.45, 2.75) is 51.4 Å². The molecule has 0 aliphatic rings. The fourth-order valence-electron chi connectivity index (χ4n) is 1.85. The highest BCUT2D eigenvalue weighted by Crippen LogP contribution is 2.36. The summed E-state index contributed by atoms with van der Waals surface area (Å²) in [5.41, 5.74) is 11.3. The zero-order valence-electron chi connectivity index (χ0n) is 13.4. The van der Waals surface area contributed by atoms with Gasteiger partial charge in [-0.05, 0) is 23.5 Å². The van der Waals surface area contributed by atoms with E-state index in [0.29, 0.717) is 5.75 Å². The number of carbonyl (C=O) groups is 2. The number of nitrogens with two attached hydrogens (primary N) is 2. The SMILES string of the molecule is CC(CSC(C)(C)C(C)C(N)C(=O)O)C(C)C(N)C(=O)O. The second-order valence-electron chi connectivity index (χ2n) is 6.27. The summed E-state index contributed by atoms with van der Waals surface area (Å²) in [5.74, 6) is -1.57. The molecule has 0 fully saturated rings. The molecule has 6 nitrogen and oxygen atoms in total. The Hall–Kier alpha value is -0.790. The van der Waals surface area contributed by atoms with Gasteiger partial charge in [0.15, 0.2) is 0 Å². The molecule has 0 radical (unpaired) electrons. The van der Waals surface area contributed by atoms with Gasteiger partial charge in [0, 0.05) is 4.75 Å². The molecule has 0 rings (SSSR count). The van der Waals surface area contributed by atoms with Crippen molar-refractivity contribution in [3.8, 4) is 0 Å². The van der Waals surface area contributed by atoms with Crippen LogP contribution in [0.2, 0.25) is 0 Å². The van der Waals surface area contributed by atoms with Crippen molar-refractivity contribution in [1.29, 1.82) is 0 Å². The molecule has 0 spiro atoms. The summed E-state index contributed by atoms with van der Waals surface area (Å²) >= 11 is 1.61. The minimum atomic E-state index is -1.01. The lowest BCUT2D eigenvalue weighted by Crippen LogP contribution is -2.46. The lowest BCUT2D eigenvalue weighted by molar-refractivity contribution is -0.141. The molecule has 5 unspecified atom stereocenters. The number of hydrogen-bond donors (Lipinski definition) is 4. The normalized spacial score (nSPS) is 19.4. The Labute approximate surface area is 130 Å². The van der Waals surface area contributed by atoms with Crippen LogP contribution in [-0.4, -0.2) is 44.7 Å². The molecule has 124 valence electrons. The number of thioether (sulfide) groups is 1. The second-order valence-corrected chi connectivity index (χ2v) is 7.94. The molecule has 0 bridgehead atoms. The Morgan fingerprint density at radius 3 is 1.86 bits per heavy atom. The fraction of sp³-hybridized carbons (Fsp3) is 0.857. The van der Waals surface area contributed by atoms with Crippen LogP contribution in [0, 0.1) is 17.8 Å². The summed E-state index contributed by atoms with van der Waals surface area (Å²) in [7, 11) is 0. The summed E-state index contributed by atoms with van der Waals surface area (Å²) < 4.78 is -0.320. The van der Waals surface area contributed by atoms with Gasteiger partial charge in [-0.3, -0.25) is 9.59 Å². The van der Waals surface area contributed by atoms with Crippen molar-refractivity contribution in [2.75, 3.05) is 5.75 Å². The largest absolute Gasteiger partial charge is 0.480 e. The van der Waals surface area contributed by atoms with Crippen LogP contribution in [0.5, 0.6) is 0 Å². The van der Waals surface area contributed by atoms with E-state index in [1.165, 1.54) is 0 Å². The Balaban J connectivity index is 4.61. The van der Waals surface area contributed by atoms with Crippen LogP contribution in [0.15, 0.2) is 0 Å². The van der Waals surface area contributed by atoms with Crippen LogP contribution in [-0.2, 0) is 9.59 Å². The first-order chi connectivity index (χ1) is 9.41. The highest BCUT2D eigenvalue weighted by atomic mass is 32.2. The molecule has 0 aromatic carbocycles. The highest BCUT2D eigenvalue weighted by molar-refractivity contribution is 8.00. The van der Waals surface area contributed by atoms with Crippen LogP contribution in [0.25, 0.3) is 0 Å². The van der Waals surface area contributed by atoms with Crippen molar-refractivity contribution in [3.05, 3.63) is 0 Å². The van der Waals surface area contributed by atoms with Crippen LogP contribution in [0.4, 0.5) is 0 Å². The van der Waals surface area contributed by atoms with Crippen molar-refractivity contribution in [2.24, 2.45) is 29.2 Å². The molecule has 21 heavy (non-hydrogen) atoms. The van der Waals surface area contributed by atoms with E-state index in [1.807, 2.05) is 34.6 Å². The molecule has 0 heterocycles. The van der Waals surface area contributed by atoms with Crippen LogP contribution in [0.1, 0.15) is 34.6 Å². The first-order valence-electron chi connectivity index (χ1n) is 7.02. The standard InChI is InChI=1S/C14H28N2O4S/c1-7(8(2)10(15)12(17)18)6-21-14(4,5)9(3)11(16)13(19)20/h7-11H,6,15-16H2,1-5H3,(H,17,18)(H,19,20). The fourth-order valence-corrected chi connectivity index (χ4v) is 3.26. The Morgan fingerprint density at radius 1 is 1.05 bits per heavy atom. The summed E-state index contributed by atoms with van der Waals surface area (Å²) in [6.45, 7) is 9.52. The van der Waals surface area contributed by atoms with E-state index >= 15 is 0 Å². The lowest BCUT2D eigenvalue weighted by Gasteiger charge is -2.35. The molecular formula is C14H28N2O4S. The third-order valence-electron chi connectivity index (χ3n) is 4.39. The highest BCUT2D eigenvalue weighted by Gasteiger charge is 2.35. The third-order valence-corrected chi connectivity index (χ3v) is 6.20. The monoisotopic (exact) mass is 320 g/mol. The van der Waals surface area contributed by atoms with E-state index in [0.717, 1.165) is 0 Å². The predicted molar refractivity (Wildman–Crippen MR) is 85.3 cm³/mol. The van der Waals surface area contributed by atoms with Gasteiger partial charge in [-0.25, -0.2) is 0 Å². The molecule has 0 aromatic rings. The maximum atomic E-state index is 11.0. The smallest absolute Gasteiger partial charge is 0.320 e. The van der Waals surface area contributed by atoms with Gasteiger partial charge in [-0.15, -0.1) is 0 Å². The number of carboxylic acid groups (broad SMARTS) is 2.